The minimum Gasteiger partial charge on any atom is -0.481 e. The molecule has 0 heterocycles. The smallest absolute Gasteiger partial charge is 0.307 e. The number of carboxylic acids is 1. The third-order valence-electron chi connectivity index (χ3n) is 2.93. The molecule has 0 saturated carbocycles. The van der Waals surface area contributed by atoms with Crippen molar-refractivity contribution in [2.24, 2.45) is 0 Å². The number of hydrogen-bond donors (Lipinski definition) is 1. The van der Waals surface area contributed by atoms with Crippen LogP contribution in [0, 0.1) is 0 Å². The molecule has 1 rings (SSSR count). The summed E-state index contributed by atoms with van der Waals surface area (Å²) in [6.07, 6.45) is 0.553. The van der Waals surface area contributed by atoms with E-state index in [2.05, 4.69) is 0 Å². The van der Waals surface area contributed by atoms with Crippen LogP contribution in [0.15, 0.2) is 24.3 Å². The lowest BCUT2D eigenvalue weighted by atomic mass is 10.1. The molecule has 100 valence electrons. The van der Waals surface area contributed by atoms with E-state index in [1.54, 1.807) is 31.2 Å². The van der Waals surface area contributed by atoms with E-state index in [9.17, 15) is 13.2 Å². The summed E-state index contributed by atoms with van der Waals surface area (Å²) < 4.78 is 23.8. The van der Waals surface area contributed by atoms with Crippen LogP contribution in [-0.4, -0.2) is 24.7 Å². The van der Waals surface area contributed by atoms with E-state index in [0.717, 1.165) is 0 Å². The summed E-state index contributed by atoms with van der Waals surface area (Å²) in [6.45, 7) is 3.55. The van der Waals surface area contributed by atoms with Crippen molar-refractivity contribution in [2.45, 2.75) is 37.7 Å². The van der Waals surface area contributed by atoms with E-state index >= 15 is 0 Å². The van der Waals surface area contributed by atoms with Gasteiger partial charge in [0.2, 0.25) is 0 Å². The zero-order chi connectivity index (χ0) is 13.8. The number of carbonyl (C=O) groups is 1. The number of carboxylic acid groups (broad SMARTS) is 1. The SMILES string of the molecule is CCC(C)S(=O)(=O)Cc1ccc(CC(=O)O)cc1. The zero-order valence-corrected chi connectivity index (χ0v) is 11.4. The first-order chi connectivity index (χ1) is 8.35. The van der Waals surface area contributed by atoms with Crippen LogP contribution in [0.5, 0.6) is 0 Å². The summed E-state index contributed by atoms with van der Waals surface area (Å²) in [6, 6.07) is 6.68. The van der Waals surface area contributed by atoms with Gasteiger partial charge >= 0.3 is 5.97 Å². The quantitative estimate of drug-likeness (QED) is 0.858. The summed E-state index contributed by atoms with van der Waals surface area (Å²) in [5.74, 6) is -0.884. The highest BCUT2D eigenvalue weighted by molar-refractivity contribution is 7.91. The Kier molecular flexibility index (Phi) is 4.90. The van der Waals surface area contributed by atoms with Crippen LogP contribution in [0.2, 0.25) is 0 Å². The number of aliphatic carboxylic acids is 1. The lowest BCUT2D eigenvalue weighted by Crippen LogP contribution is -2.18. The van der Waals surface area contributed by atoms with Crippen molar-refractivity contribution in [2.75, 3.05) is 0 Å². The van der Waals surface area contributed by atoms with Crippen LogP contribution in [0.4, 0.5) is 0 Å². The Morgan fingerprint density at radius 3 is 2.17 bits per heavy atom. The highest BCUT2D eigenvalue weighted by atomic mass is 32.2. The molecular weight excluding hydrogens is 252 g/mol. The summed E-state index contributed by atoms with van der Waals surface area (Å²) in [4.78, 5) is 10.5. The van der Waals surface area contributed by atoms with Crippen molar-refractivity contribution in [3.63, 3.8) is 0 Å². The van der Waals surface area contributed by atoms with Crippen LogP contribution < -0.4 is 0 Å². The molecule has 0 aliphatic carbocycles. The number of benzene rings is 1. The van der Waals surface area contributed by atoms with Crippen molar-refractivity contribution in [3.8, 4) is 0 Å². The van der Waals surface area contributed by atoms with Gasteiger partial charge in [-0.15, -0.1) is 0 Å². The van der Waals surface area contributed by atoms with E-state index in [4.69, 9.17) is 5.11 Å². The van der Waals surface area contributed by atoms with Crippen molar-refractivity contribution in [1.82, 2.24) is 0 Å². The van der Waals surface area contributed by atoms with Gasteiger partial charge in [-0.1, -0.05) is 31.2 Å². The maximum absolute atomic E-state index is 11.9. The van der Waals surface area contributed by atoms with Gasteiger partial charge in [0.25, 0.3) is 0 Å². The van der Waals surface area contributed by atoms with Gasteiger partial charge in [0.05, 0.1) is 17.4 Å². The van der Waals surface area contributed by atoms with Crippen LogP contribution in [-0.2, 0) is 26.8 Å². The van der Waals surface area contributed by atoms with Gasteiger partial charge in [-0.3, -0.25) is 4.79 Å². The number of sulfone groups is 1. The van der Waals surface area contributed by atoms with Gasteiger partial charge < -0.3 is 5.11 Å². The molecule has 0 saturated heterocycles. The van der Waals surface area contributed by atoms with Crippen molar-refractivity contribution >= 4 is 15.8 Å². The summed E-state index contributed by atoms with van der Waals surface area (Å²) in [5.41, 5.74) is 1.37. The maximum atomic E-state index is 11.9. The molecule has 18 heavy (non-hydrogen) atoms. The topological polar surface area (TPSA) is 71.4 Å². The molecule has 0 fully saturated rings. The van der Waals surface area contributed by atoms with Crippen molar-refractivity contribution in [3.05, 3.63) is 35.4 Å². The minimum absolute atomic E-state index is 0.00928. The van der Waals surface area contributed by atoms with E-state index in [1.165, 1.54) is 0 Å². The normalized spacial score (nSPS) is 13.2. The highest BCUT2D eigenvalue weighted by Gasteiger charge is 2.19. The standard InChI is InChI=1S/C13H18O4S/c1-3-10(2)18(16,17)9-12-6-4-11(5-7-12)8-13(14)15/h4-7,10H,3,8-9H2,1-2H3,(H,14,15). The molecule has 0 aliphatic heterocycles. The lowest BCUT2D eigenvalue weighted by Gasteiger charge is -2.10. The average Bonchev–Trinajstić information content (AvgIpc) is 2.29. The average molecular weight is 270 g/mol. The predicted molar refractivity (Wildman–Crippen MR) is 70.2 cm³/mol. The Morgan fingerprint density at radius 2 is 1.72 bits per heavy atom. The zero-order valence-electron chi connectivity index (χ0n) is 10.6. The molecule has 5 heteroatoms. The third-order valence-corrected chi connectivity index (χ3v) is 5.23. The van der Waals surface area contributed by atoms with Crippen LogP contribution in [0.25, 0.3) is 0 Å². The first kappa shape index (κ1) is 14.7. The van der Waals surface area contributed by atoms with Crippen LogP contribution in [0.3, 0.4) is 0 Å². The Labute approximate surface area is 108 Å². The van der Waals surface area contributed by atoms with E-state index in [-0.39, 0.29) is 17.4 Å². The van der Waals surface area contributed by atoms with Gasteiger partial charge in [-0.25, -0.2) is 8.42 Å². The highest BCUT2D eigenvalue weighted by Crippen LogP contribution is 2.14. The molecule has 0 aliphatic rings. The monoisotopic (exact) mass is 270 g/mol. The van der Waals surface area contributed by atoms with E-state index < -0.39 is 15.8 Å². The molecule has 0 bridgehead atoms. The second kappa shape index (κ2) is 6.00. The second-order valence-corrected chi connectivity index (χ2v) is 6.83. The molecule has 1 atom stereocenters. The number of rotatable bonds is 6. The molecule has 0 aromatic heterocycles. The van der Waals surface area contributed by atoms with Gasteiger partial charge in [0, 0.05) is 0 Å². The Hall–Kier alpha value is -1.36. The van der Waals surface area contributed by atoms with Crippen molar-refractivity contribution in [1.29, 1.82) is 0 Å². The third kappa shape index (κ3) is 4.14. The first-order valence-electron chi connectivity index (χ1n) is 5.86. The summed E-state index contributed by atoms with van der Waals surface area (Å²) in [5, 5.41) is 8.28. The Bertz CT molecular complexity index is 502. The molecule has 1 aromatic carbocycles. The molecule has 1 unspecified atom stereocenters. The maximum Gasteiger partial charge on any atom is 0.307 e. The van der Waals surface area contributed by atoms with Gasteiger partial charge in [0.1, 0.15) is 0 Å². The number of hydrogen-bond acceptors (Lipinski definition) is 3. The van der Waals surface area contributed by atoms with E-state index in [0.29, 0.717) is 17.5 Å². The summed E-state index contributed by atoms with van der Waals surface area (Å²) >= 11 is 0. The fourth-order valence-corrected chi connectivity index (χ4v) is 3.01. The van der Waals surface area contributed by atoms with Gasteiger partial charge in [0.15, 0.2) is 9.84 Å². The van der Waals surface area contributed by atoms with Gasteiger partial charge in [-0.05, 0) is 24.5 Å². The van der Waals surface area contributed by atoms with E-state index in [1.807, 2.05) is 6.92 Å². The molecule has 0 radical (unpaired) electrons. The largest absolute Gasteiger partial charge is 0.481 e. The molecule has 0 spiro atoms. The van der Waals surface area contributed by atoms with Crippen molar-refractivity contribution < 1.29 is 18.3 Å². The molecule has 4 nitrogen and oxygen atoms in total. The molecule has 1 N–H and O–H groups in total. The molecule has 0 amide bonds. The van der Waals surface area contributed by atoms with Gasteiger partial charge in [-0.2, -0.15) is 0 Å². The Morgan fingerprint density at radius 1 is 1.22 bits per heavy atom. The van der Waals surface area contributed by atoms with Crippen LogP contribution in [0.1, 0.15) is 31.4 Å². The fourth-order valence-electron chi connectivity index (χ4n) is 1.56. The fraction of sp³-hybridized carbons (Fsp3) is 0.462. The first-order valence-corrected chi connectivity index (χ1v) is 7.58. The minimum atomic E-state index is -3.12. The summed E-state index contributed by atoms with van der Waals surface area (Å²) in [7, 11) is -3.12. The molecule has 1 aromatic rings. The second-order valence-electron chi connectivity index (χ2n) is 4.41. The Balaban J connectivity index is 2.78. The predicted octanol–water partition coefficient (Wildman–Crippen LogP) is 2.03. The molecular formula is C13H18O4S. The van der Waals surface area contributed by atoms with Crippen LogP contribution >= 0.6 is 0 Å². The lowest BCUT2D eigenvalue weighted by molar-refractivity contribution is -0.136.